The van der Waals surface area contributed by atoms with Crippen LogP contribution in [0.5, 0.6) is 0 Å². The molecular formula is C27H24N6O4. The maximum absolute atomic E-state index is 12.5. The van der Waals surface area contributed by atoms with Gasteiger partial charge in [0.15, 0.2) is 5.65 Å². The van der Waals surface area contributed by atoms with Crippen LogP contribution >= 0.6 is 0 Å². The molecule has 0 saturated heterocycles. The fraction of sp³-hybridized carbons (Fsp3) is 0.185. The van der Waals surface area contributed by atoms with Crippen LogP contribution in [0.25, 0.3) is 33.3 Å². The van der Waals surface area contributed by atoms with Crippen LogP contribution in [0.3, 0.4) is 0 Å². The van der Waals surface area contributed by atoms with Crippen LogP contribution in [-0.4, -0.2) is 50.1 Å². The topological polar surface area (TPSA) is 121 Å². The molecule has 1 amide bonds. The number of aryl methyl sites for hydroxylation is 1. The van der Waals surface area contributed by atoms with Crippen LogP contribution in [0.4, 0.5) is 0 Å². The van der Waals surface area contributed by atoms with Gasteiger partial charge in [0.2, 0.25) is 0 Å². The number of aromatic nitrogens is 5. The van der Waals surface area contributed by atoms with Crippen LogP contribution in [0.15, 0.2) is 66.9 Å². The van der Waals surface area contributed by atoms with Crippen molar-refractivity contribution in [1.82, 2.24) is 30.4 Å². The van der Waals surface area contributed by atoms with Crippen molar-refractivity contribution in [2.75, 3.05) is 13.2 Å². The van der Waals surface area contributed by atoms with Crippen LogP contribution in [-0.2, 0) is 20.9 Å². The summed E-state index contributed by atoms with van der Waals surface area (Å²) in [5.74, 6) is -0.790. The number of carbonyl (C=O) groups excluding carboxylic acids is 2. The number of hydroxylamine groups is 1. The molecule has 3 aromatic heterocycles. The Hall–Kier alpha value is -4.70. The summed E-state index contributed by atoms with van der Waals surface area (Å²) in [6.07, 6.45) is 1.78. The lowest BCUT2D eigenvalue weighted by Crippen LogP contribution is -2.26. The summed E-state index contributed by atoms with van der Waals surface area (Å²) in [6, 6.07) is 19.3. The van der Waals surface area contributed by atoms with E-state index in [2.05, 4.69) is 26.8 Å². The van der Waals surface area contributed by atoms with Crippen molar-refractivity contribution < 1.29 is 19.2 Å². The van der Waals surface area contributed by atoms with Gasteiger partial charge in [0.25, 0.3) is 5.91 Å². The van der Waals surface area contributed by atoms with E-state index in [0.717, 1.165) is 33.3 Å². The van der Waals surface area contributed by atoms with E-state index in [0.29, 0.717) is 23.3 Å². The first-order valence-corrected chi connectivity index (χ1v) is 11.7. The SMILES string of the molecule is CC(=O)OCCONC(=O)c1ccc(-c2ccc3nnn(Cc4ccc5ncccc5c4)c3n2)cc1C. The molecule has 0 unspecified atom stereocenters. The average Bonchev–Trinajstić information content (AvgIpc) is 3.30. The third-order valence-corrected chi connectivity index (χ3v) is 5.78. The molecule has 0 aliphatic heterocycles. The Morgan fingerprint density at radius 3 is 2.70 bits per heavy atom. The third kappa shape index (κ3) is 5.44. The molecule has 0 fully saturated rings. The molecule has 0 atom stereocenters. The van der Waals surface area contributed by atoms with Crippen LogP contribution < -0.4 is 5.48 Å². The van der Waals surface area contributed by atoms with E-state index in [1.165, 1.54) is 6.92 Å². The summed E-state index contributed by atoms with van der Waals surface area (Å²) in [5.41, 5.74) is 8.57. The minimum Gasteiger partial charge on any atom is -0.463 e. The van der Waals surface area contributed by atoms with Crippen LogP contribution in [0.1, 0.15) is 28.4 Å². The summed E-state index contributed by atoms with van der Waals surface area (Å²) in [5, 5.41) is 9.63. The predicted octanol–water partition coefficient (Wildman–Crippen LogP) is 3.62. The number of benzene rings is 2. The second kappa shape index (κ2) is 10.5. The largest absolute Gasteiger partial charge is 0.463 e. The number of nitrogens with one attached hydrogen (secondary N) is 1. The Morgan fingerprint density at radius 2 is 1.86 bits per heavy atom. The van der Waals surface area contributed by atoms with Crippen LogP contribution in [0.2, 0.25) is 0 Å². The molecule has 2 aromatic carbocycles. The smallest absolute Gasteiger partial charge is 0.302 e. The van der Waals surface area contributed by atoms with Gasteiger partial charge in [0, 0.05) is 29.6 Å². The molecule has 186 valence electrons. The number of fused-ring (bicyclic) bond motifs is 2. The van der Waals surface area contributed by atoms with Crippen molar-refractivity contribution in [3.8, 4) is 11.3 Å². The Morgan fingerprint density at radius 1 is 1.00 bits per heavy atom. The molecular weight excluding hydrogens is 472 g/mol. The van der Waals surface area contributed by atoms with Crippen molar-refractivity contribution in [2.45, 2.75) is 20.4 Å². The molecule has 0 radical (unpaired) electrons. The van der Waals surface area contributed by atoms with Gasteiger partial charge in [-0.25, -0.2) is 15.1 Å². The van der Waals surface area contributed by atoms with Gasteiger partial charge in [0.1, 0.15) is 18.7 Å². The highest BCUT2D eigenvalue weighted by Gasteiger charge is 2.13. The highest BCUT2D eigenvalue weighted by atomic mass is 16.7. The fourth-order valence-corrected chi connectivity index (χ4v) is 3.99. The van der Waals surface area contributed by atoms with E-state index in [1.807, 2.05) is 55.5 Å². The first-order chi connectivity index (χ1) is 18.0. The van der Waals surface area contributed by atoms with Crippen molar-refractivity contribution in [2.24, 2.45) is 0 Å². The Balaban J connectivity index is 1.33. The van der Waals surface area contributed by atoms with Crippen molar-refractivity contribution >= 4 is 33.9 Å². The lowest BCUT2D eigenvalue weighted by Gasteiger charge is -2.10. The van der Waals surface area contributed by atoms with E-state index >= 15 is 0 Å². The molecule has 10 heteroatoms. The Bertz CT molecular complexity index is 1610. The van der Waals surface area contributed by atoms with E-state index < -0.39 is 5.97 Å². The minimum atomic E-state index is -0.404. The minimum absolute atomic E-state index is 0.0597. The zero-order valence-corrected chi connectivity index (χ0v) is 20.3. The number of carbonyl (C=O) groups is 2. The first-order valence-electron chi connectivity index (χ1n) is 11.7. The predicted molar refractivity (Wildman–Crippen MR) is 136 cm³/mol. The van der Waals surface area contributed by atoms with Gasteiger partial charge in [-0.1, -0.05) is 23.4 Å². The lowest BCUT2D eigenvalue weighted by atomic mass is 10.0. The second-order valence-corrected chi connectivity index (χ2v) is 8.47. The monoisotopic (exact) mass is 496 g/mol. The van der Waals surface area contributed by atoms with Crippen molar-refractivity contribution in [3.63, 3.8) is 0 Å². The van der Waals surface area contributed by atoms with Gasteiger partial charge in [-0.3, -0.25) is 19.4 Å². The average molecular weight is 497 g/mol. The molecule has 37 heavy (non-hydrogen) atoms. The number of pyridine rings is 2. The standard InChI is InChI=1S/C27H24N6O4/c1-17-14-21(6-7-22(17)27(35)31-37-13-12-36-18(2)34)24-9-10-25-26(29-24)33(32-30-25)16-19-5-8-23-20(15-19)4-3-11-28-23/h3-11,14-15H,12-13,16H2,1-2H3,(H,31,35). The molecule has 10 nitrogen and oxygen atoms in total. The number of hydrogen-bond acceptors (Lipinski definition) is 8. The molecule has 0 aliphatic carbocycles. The van der Waals surface area contributed by atoms with Gasteiger partial charge in [-0.05, 0) is 60.5 Å². The number of esters is 1. The highest BCUT2D eigenvalue weighted by Crippen LogP contribution is 2.23. The molecule has 3 heterocycles. The summed E-state index contributed by atoms with van der Waals surface area (Å²) >= 11 is 0. The molecule has 5 aromatic rings. The van der Waals surface area contributed by atoms with E-state index in [1.54, 1.807) is 16.9 Å². The zero-order valence-electron chi connectivity index (χ0n) is 20.3. The molecule has 1 N–H and O–H groups in total. The Labute approximate surface area is 212 Å². The van der Waals surface area contributed by atoms with Gasteiger partial charge in [-0.15, -0.1) is 5.10 Å². The van der Waals surface area contributed by atoms with Crippen molar-refractivity contribution in [3.05, 3.63) is 83.6 Å². The summed E-state index contributed by atoms with van der Waals surface area (Å²) in [6.45, 7) is 3.79. The van der Waals surface area contributed by atoms with E-state index in [9.17, 15) is 9.59 Å². The second-order valence-electron chi connectivity index (χ2n) is 8.47. The third-order valence-electron chi connectivity index (χ3n) is 5.78. The summed E-state index contributed by atoms with van der Waals surface area (Å²) in [7, 11) is 0. The number of ether oxygens (including phenoxy) is 1. The lowest BCUT2D eigenvalue weighted by molar-refractivity contribution is -0.143. The fourth-order valence-electron chi connectivity index (χ4n) is 3.99. The molecule has 5 rings (SSSR count). The van der Waals surface area contributed by atoms with Crippen LogP contribution in [0, 0.1) is 6.92 Å². The normalized spacial score (nSPS) is 11.1. The molecule has 0 aliphatic rings. The maximum Gasteiger partial charge on any atom is 0.302 e. The van der Waals surface area contributed by atoms with E-state index in [-0.39, 0.29) is 19.1 Å². The number of nitrogens with zero attached hydrogens (tertiary/aromatic N) is 5. The number of hydrogen-bond donors (Lipinski definition) is 1. The number of amides is 1. The quantitative estimate of drug-likeness (QED) is 0.196. The summed E-state index contributed by atoms with van der Waals surface area (Å²) < 4.78 is 6.54. The molecule has 0 spiro atoms. The molecule has 0 bridgehead atoms. The van der Waals surface area contributed by atoms with Gasteiger partial charge >= 0.3 is 5.97 Å². The zero-order chi connectivity index (χ0) is 25.8. The molecule has 0 saturated carbocycles. The Kier molecular flexibility index (Phi) is 6.82. The summed E-state index contributed by atoms with van der Waals surface area (Å²) in [4.78, 5) is 37.5. The van der Waals surface area contributed by atoms with Gasteiger partial charge < -0.3 is 4.74 Å². The highest BCUT2D eigenvalue weighted by molar-refractivity contribution is 5.95. The van der Waals surface area contributed by atoms with Gasteiger partial charge in [-0.2, -0.15) is 0 Å². The number of rotatable bonds is 8. The van der Waals surface area contributed by atoms with E-state index in [4.69, 9.17) is 14.6 Å². The first kappa shape index (κ1) is 24.0. The van der Waals surface area contributed by atoms with Gasteiger partial charge in [0.05, 0.1) is 17.8 Å². The van der Waals surface area contributed by atoms with Crippen molar-refractivity contribution in [1.29, 1.82) is 0 Å². The maximum atomic E-state index is 12.5.